The van der Waals surface area contributed by atoms with Gasteiger partial charge in [0.2, 0.25) is 15.7 Å². The zero-order chi connectivity index (χ0) is 23.8. The average Bonchev–Trinajstić information content (AvgIpc) is 3.12. The fourth-order valence-electron chi connectivity index (χ4n) is 3.34. The zero-order valence-corrected chi connectivity index (χ0v) is 23.4. The Bertz CT molecular complexity index is 953. The number of sulfone groups is 1. The van der Waals surface area contributed by atoms with Crippen LogP contribution < -0.4 is 0 Å². The monoisotopic (exact) mass is 599 g/mol. The molecule has 31 heavy (non-hydrogen) atoms. The molecule has 2 heterocycles. The van der Waals surface area contributed by atoms with Gasteiger partial charge in [-0.1, -0.05) is 26.8 Å². The highest BCUT2D eigenvalue weighted by molar-refractivity contribution is 14.1. The van der Waals surface area contributed by atoms with Crippen LogP contribution in [0.5, 0.6) is 0 Å². The molecule has 0 aromatic carbocycles. The predicted molar refractivity (Wildman–Crippen MR) is 133 cm³/mol. The highest BCUT2D eigenvalue weighted by Crippen LogP contribution is 2.42. The van der Waals surface area contributed by atoms with E-state index in [2.05, 4.69) is 33.9 Å². The van der Waals surface area contributed by atoms with E-state index >= 15 is 0 Å². The maximum absolute atomic E-state index is 12.8. The number of rotatable bonds is 9. The highest BCUT2D eigenvalue weighted by atomic mass is 127. The summed E-state index contributed by atoms with van der Waals surface area (Å²) in [6.07, 6.45) is -0.124. The molecule has 11 heteroatoms. The number of aliphatic carboxylic acids is 1. The third-order valence-corrected chi connectivity index (χ3v) is 14.6. The SMILES string of the molecule is C[C@@H](O[Si](C)(C)C(C)(C)C)[C@@H]1C(=O)N(CC(=O)O)[C@@H]1C/C(I)=C\S(=O)(=O)c1cccs1. The van der Waals surface area contributed by atoms with Gasteiger partial charge in [0.05, 0.1) is 18.1 Å². The Kier molecular flexibility index (Phi) is 8.22. The molecule has 7 nitrogen and oxygen atoms in total. The van der Waals surface area contributed by atoms with E-state index < -0.39 is 42.6 Å². The van der Waals surface area contributed by atoms with Crippen LogP contribution in [0.15, 0.2) is 30.7 Å². The minimum Gasteiger partial charge on any atom is -0.480 e. The molecule has 0 aliphatic carbocycles. The summed E-state index contributed by atoms with van der Waals surface area (Å²) in [6.45, 7) is 12.0. The van der Waals surface area contributed by atoms with Crippen molar-refractivity contribution in [3.05, 3.63) is 26.5 Å². The number of carbonyl (C=O) groups is 2. The first kappa shape index (κ1) is 26.5. The maximum atomic E-state index is 12.8. The number of β-lactam (4-membered cyclic amide) rings is 1. The van der Waals surface area contributed by atoms with Crippen LogP contribution in [0.3, 0.4) is 0 Å². The number of carboxylic acid groups (broad SMARTS) is 1. The van der Waals surface area contributed by atoms with Crippen LogP contribution in [-0.4, -0.2) is 57.3 Å². The van der Waals surface area contributed by atoms with Gasteiger partial charge in [-0.25, -0.2) is 8.42 Å². The van der Waals surface area contributed by atoms with Gasteiger partial charge >= 0.3 is 5.97 Å². The molecule has 1 aromatic heterocycles. The Labute approximate surface area is 203 Å². The molecule has 0 bridgehead atoms. The Balaban J connectivity index is 2.25. The number of carbonyl (C=O) groups excluding carboxylic acids is 1. The van der Waals surface area contributed by atoms with Gasteiger partial charge in [0.25, 0.3) is 0 Å². The lowest BCUT2D eigenvalue weighted by atomic mass is 9.81. The second-order valence-electron chi connectivity index (χ2n) is 9.28. The van der Waals surface area contributed by atoms with Crippen LogP contribution in [0.1, 0.15) is 34.1 Å². The van der Waals surface area contributed by atoms with Crippen molar-refractivity contribution in [2.24, 2.45) is 5.92 Å². The van der Waals surface area contributed by atoms with E-state index in [0.717, 1.165) is 11.3 Å². The van der Waals surface area contributed by atoms with Gasteiger partial charge in [0, 0.05) is 15.4 Å². The van der Waals surface area contributed by atoms with Crippen molar-refractivity contribution in [3.63, 3.8) is 0 Å². The van der Waals surface area contributed by atoms with Crippen LogP contribution in [0.2, 0.25) is 18.1 Å². The minimum atomic E-state index is -3.58. The van der Waals surface area contributed by atoms with E-state index in [1.807, 2.05) is 29.5 Å². The quantitative estimate of drug-likeness (QED) is 0.255. The highest BCUT2D eigenvalue weighted by Gasteiger charge is 2.52. The van der Waals surface area contributed by atoms with Crippen LogP contribution in [0.4, 0.5) is 0 Å². The van der Waals surface area contributed by atoms with Gasteiger partial charge in [-0.05, 0) is 59.1 Å². The summed E-state index contributed by atoms with van der Waals surface area (Å²) < 4.78 is 32.3. The number of nitrogens with zero attached hydrogens (tertiary/aromatic N) is 1. The summed E-state index contributed by atoms with van der Waals surface area (Å²) in [5, 5.41) is 12.1. The topological polar surface area (TPSA) is 101 Å². The average molecular weight is 600 g/mol. The van der Waals surface area contributed by atoms with Gasteiger partial charge in [-0.15, -0.1) is 11.3 Å². The lowest BCUT2D eigenvalue weighted by molar-refractivity contribution is -0.168. The van der Waals surface area contributed by atoms with Gasteiger partial charge < -0.3 is 14.4 Å². The summed E-state index contributed by atoms with van der Waals surface area (Å²) in [4.78, 5) is 25.4. The smallest absolute Gasteiger partial charge is 0.323 e. The number of hydrogen-bond acceptors (Lipinski definition) is 6. The zero-order valence-electron chi connectivity index (χ0n) is 18.6. The molecular formula is C20H30INO6S2Si. The van der Waals surface area contributed by atoms with Crippen molar-refractivity contribution in [1.82, 2.24) is 4.90 Å². The molecule has 1 amide bonds. The lowest BCUT2D eigenvalue weighted by Gasteiger charge is -2.51. The molecule has 3 atom stereocenters. The van der Waals surface area contributed by atoms with Gasteiger partial charge in [0.1, 0.15) is 10.8 Å². The first-order valence-electron chi connectivity index (χ1n) is 9.91. The van der Waals surface area contributed by atoms with E-state index in [1.54, 1.807) is 17.5 Å². The molecule has 1 saturated heterocycles. The van der Waals surface area contributed by atoms with Gasteiger partial charge in [-0.3, -0.25) is 9.59 Å². The Morgan fingerprint density at radius 3 is 2.52 bits per heavy atom. The van der Waals surface area contributed by atoms with Crippen LogP contribution >= 0.6 is 33.9 Å². The normalized spacial score (nSPS) is 21.7. The van der Waals surface area contributed by atoms with E-state index in [0.29, 0.717) is 3.58 Å². The van der Waals surface area contributed by atoms with E-state index in [9.17, 15) is 23.1 Å². The lowest BCUT2D eigenvalue weighted by Crippen LogP contribution is -2.66. The molecule has 0 spiro atoms. The van der Waals surface area contributed by atoms with Crippen molar-refractivity contribution in [3.8, 4) is 0 Å². The number of hydrogen-bond donors (Lipinski definition) is 1. The summed E-state index contributed by atoms with van der Waals surface area (Å²) in [7, 11) is -5.72. The summed E-state index contributed by atoms with van der Waals surface area (Å²) >= 11 is 3.10. The molecule has 174 valence electrons. The van der Waals surface area contributed by atoms with Crippen molar-refractivity contribution < 1.29 is 27.5 Å². The Morgan fingerprint density at radius 1 is 1.42 bits per heavy atom. The molecule has 1 aliphatic rings. The molecule has 1 aromatic rings. The molecule has 0 saturated carbocycles. The summed E-state index contributed by atoms with van der Waals surface area (Å²) in [5.74, 6) is -1.86. The molecule has 0 unspecified atom stereocenters. The van der Waals surface area contributed by atoms with Crippen LogP contribution in [0.25, 0.3) is 0 Å². The summed E-state index contributed by atoms with van der Waals surface area (Å²) in [5.41, 5.74) is 0. The predicted octanol–water partition coefficient (Wildman–Crippen LogP) is 4.51. The largest absolute Gasteiger partial charge is 0.480 e. The maximum Gasteiger partial charge on any atom is 0.323 e. The van der Waals surface area contributed by atoms with Crippen molar-refractivity contribution in [2.75, 3.05) is 6.54 Å². The fraction of sp³-hybridized carbons (Fsp3) is 0.600. The third kappa shape index (κ3) is 6.18. The fourth-order valence-corrected chi connectivity index (χ4v) is 8.34. The van der Waals surface area contributed by atoms with Gasteiger partial charge in [-0.2, -0.15) is 0 Å². The molecule has 2 rings (SSSR count). The van der Waals surface area contributed by atoms with Crippen molar-refractivity contribution in [1.29, 1.82) is 0 Å². The van der Waals surface area contributed by atoms with Crippen LogP contribution in [-0.2, 0) is 23.9 Å². The second kappa shape index (κ2) is 9.62. The number of amides is 1. The molecule has 1 fully saturated rings. The minimum absolute atomic E-state index is 0.0343. The Morgan fingerprint density at radius 2 is 2.03 bits per heavy atom. The second-order valence-corrected chi connectivity index (χ2v) is 18.4. The molecular weight excluding hydrogens is 569 g/mol. The summed E-state index contributed by atoms with van der Waals surface area (Å²) in [6, 6.07) is 2.79. The number of carboxylic acids is 1. The third-order valence-electron chi connectivity index (χ3n) is 5.94. The van der Waals surface area contributed by atoms with Crippen LogP contribution in [0, 0.1) is 5.92 Å². The number of likely N-dealkylation sites (tertiary alicyclic amines) is 1. The van der Waals surface area contributed by atoms with E-state index in [1.165, 1.54) is 10.3 Å². The van der Waals surface area contributed by atoms with E-state index in [-0.39, 0.29) is 27.7 Å². The Hall–Kier alpha value is -0.763. The van der Waals surface area contributed by atoms with Crippen molar-refractivity contribution >= 4 is 64.0 Å². The number of halogens is 1. The molecule has 1 N–H and O–H groups in total. The standard InChI is InChI=1S/C20H30INO6S2Si/c1-13(28-31(5,6)20(2,3)4)18-15(22(19(18)25)11-16(23)24)10-14(21)12-30(26,27)17-8-7-9-29-17/h7-9,12-13,15,18H,10-11H2,1-6H3,(H,23,24)/b14-12+/t13-,15-,18+/m1/s1. The van der Waals surface area contributed by atoms with E-state index in [4.69, 9.17) is 4.43 Å². The van der Waals surface area contributed by atoms with Gasteiger partial charge in [0.15, 0.2) is 8.32 Å². The first-order valence-corrected chi connectivity index (χ1v) is 16.3. The first-order chi connectivity index (χ1) is 14.1. The van der Waals surface area contributed by atoms with Crippen molar-refractivity contribution in [2.45, 2.75) is 68.6 Å². The molecule has 1 aliphatic heterocycles. The number of thiophene rings is 1. The molecule has 0 radical (unpaired) electrons.